The largest absolute Gasteiger partial charge is 0.371 e. The van der Waals surface area contributed by atoms with E-state index in [1.54, 1.807) is 0 Å². The summed E-state index contributed by atoms with van der Waals surface area (Å²) in [5.74, 6) is 0.821. The zero-order chi connectivity index (χ0) is 15.6. The SMILES string of the molecule is Cn1nncc1CN1CCC(CN2CCc3ccccc32)CC1. The standard InChI is InChI=1S/C18H25N5/c1-21-17(12-19-20-21)14-22-9-6-15(7-10-22)13-23-11-8-16-4-2-3-5-18(16)23/h2-5,12,15H,6-11,13-14H2,1H3. The van der Waals surface area contributed by atoms with E-state index >= 15 is 0 Å². The third kappa shape index (κ3) is 3.11. The van der Waals surface area contributed by atoms with E-state index in [1.165, 1.54) is 62.4 Å². The van der Waals surface area contributed by atoms with E-state index in [9.17, 15) is 0 Å². The molecule has 1 fully saturated rings. The number of rotatable bonds is 4. The molecule has 0 aliphatic carbocycles. The van der Waals surface area contributed by atoms with Gasteiger partial charge in [0.1, 0.15) is 0 Å². The maximum Gasteiger partial charge on any atom is 0.0738 e. The second-order valence-electron chi connectivity index (χ2n) is 6.89. The Hall–Kier alpha value is -1.88. The van der Waals surface area contributed by atoms with Gasteiger partial charge >= 0.3 is 0 Å². The predicted octanol–water partition coefficient (Wildman–Crippen LogP) is 2.09. The Kier molecular flexibility index (Phi) is 4.04. The van der Waals surface area contributed by atoms with Crippen molar-refractivity contribution < 1.29 is 0 Å². The first-order valence-corrected chi connectivity index (χ1v) is 8.68. The highest BCUT2D eigenvalue weighted by atomic mass is 15.4. The summed E-state index contributed by atoms with van der Waals surface area (Å²) in [6.07, 6.45) is 5.68. The Labute approximate surface area is 137 Å². The van der Waals surface area contributed by atoms with Crippen molar-refractivity contribution in [2.75, 3.05) is 31.1 Å². The van der Waals surface area contributed by atoms with Crippen molar-refractivity contribution in [2.45, 2.75) is 25.8 Å². The van der Waals surface area contributed by atoms with Gasteiger partial charge in [-0.3, -0.25) is 9.58 Å². The highest BCUT2D eigenvalue weighted by molar-refractivity contribution is 5.57. The first-order valence-electron chi connectivity index (χ1n) is 8.68. The number of benzene rings is 1. The smallest absolute Gasteiger partial charge is 0.0738 e. The molecule has 3 heterocycles. The minimum Gasteiger partial charge on any atom is -0.371 e. The van der Waals surface area contributed by atoms with Gasteiger partial charge in [-0.25, -0.2) is 0 Å². The van der Waals surface area contributed by atoms with E-state index < -0.39 is 0 Å². The molecule has 0 saturated carbocycles. The number of nitrogens with zero attached hydrogens (tertiary/aromatic N) is 5. The summed E-state index contributed by atoms with van der Waals surface area (Å²) in [6.45, 7) is 5.76. The van der Waals surface area contributed by atoms with E-state index in [4.69, 9.17) is 0 Å². The lowest BCUT2D eigenvalue weighted by atomic mass is 9.96. The van der Waals surface area contributed by atoms with Crippen molar-refractivity contribution in [3.05, 3.63) is 41.7 Å². The topological polar surface area (TPSA) is 37.2 Å². The molecule has 2 aromatic rings. The lowest BCUT2D eigenvalue weighted by molar-refractivity contribution is 0.176. The molecule has 0 radical (unpaired) electrons. The van der Waals surface area contributed by atoms with Crippen molar-refractivity contribution >= 4 is 5.69 Å². The molecular weight excluding hydrogens is 286 g/mol. The molecule has 0 unspecified atom stereocenters. The fourth-order valence-corrected chi connectivity index (χ4v) is 3.92. The molecule has 0 spiro atoms. The molecule has 0 amide bonds. The lowest BCUT2D eigenvalue weighted by Crippen LogP contribution is -2.38. The molecule has 23 heavy (non-hydrogen) atoms. The lowest BCUT2D eigenvalue weighted by Gasteiger charge is -2.34. The molecule has 122 valence electrons. The summed E-state index contributed by atoms with van der Waals surface area (Å²) in [5, 5.41) is 7.99. The molecule has 0 bridgehead atoms. The van der Waals surface area contributed by atoms with Crippen LogP contribution in [0.2, 0.25) is 0 Å². The van der Waals surface area contributed by atoms with Gasteiger partial charge in [0.05, 0.1) is 11.9 Å². The number of hydrogen-bond acceptors (Lipinski definition) is 4. The minimum absolute atomic E-state index is 0.821. The van der Waals surface area contributed by atoms with Crippen LogP contribution in [0.5, 0.6) is 0 Å². The number of aromatic nitrogens is 3. The van der Waals surface area contributed by atoms with Crippen LogP contribution >= 0.6 is 0 Å². The van der Waals surface area contributed by atoms with Gasteiger partial charge in [0.2, 0.25) is 0 Å². The molecule has 2 aliphatic rings. The minimum atomic E-state index is 0.821. The van der Waals surface area contributed by atoms with Crippen LogP contribution in [0.1, 0.15) is 24.1 Å². The summed E-state index contributed by atoms with van der Waals surface area (Å²) in [4.78, 5) is 5.13. The highest BCUT2D eigenvalue weighted by Gasteiger charge is 2.25. The Balaban J connectivity index is 1.30. The Morgan fingerprint density at radius 1 is 1.13 bits per heavy atom. The van der Waals surface area contributed by atoms with Gasteiger partial charge in [0.15, 0.2) is 0 Å². The van der Waals surface area contributed by atoms with Crippen molar-refractivity contribution in [3.63, 3.8) is 0 Å². The van der Waals surface area contributed by atoms with Crippen LogP contribution in [0.15, 0.2) is 30.5 Å². The molecule has 1 aromatic carbocycles. The molecule has 2 aliphatic heterocycles. The van der Waals surface area contributed by atoms with Gasteiger partial charge < -0.3 is 4.90 Å². The maximum absolute atomic E-state index is 4.02. The van der Waals surface area contributed by atoms with Gasteiger partial charge in [-0.1, -0.05) is 23.4 Å². The van der Waals surface area contributed by atoms with Crippen LogP contribution in [-0.2, 0) is 20.0 Å². The summed E-state index contributed by atoms with van der Waals surface area (Å²) < 4.78 is 1.88. The van der Waals surface area contributed by atoms with Crippen LogP contribution < -0.4 is 4.90 Å². The van der Waals surface area contributed by atoms with Gasteiger partial charge in [-0.15, -0.1) is 5.10 Å². The number of aryl methyl sites for hydroxylation is 1. The second kappa shape index (κ2) is 6.32. The zero-order valence-corrected chi connectivity index (χ0v) is 13.9. The molecule has 4 rings (SSSR count). The number of para-hydroxylation sites is 1. The first kappa shape index (κ1) is 14.7. The zero-order valence-electron chi connectivity index (χ0n) is 13.9. The molecule has 0 N–H and O–H groups in total. The Bertz CT molecular complexity index is 657. The quantitative estimate of drug-likeness (QED) is 0.866. The number of anilines is 1. The fourth-order valence-electron chi connectivity index (χ4n) is 3.92. The Morgan fingerprint density at radius 3 is 2.74 bits per heavy atom. The van der Waals surface area contributed by atoms with Crippen molar-refractivity contribution in [3.8, 4) is 0 Å². The predicted molar refractivity (Wildman–Crippen MR) is 91.4 cm³/mol. The van der Waals surface area contributed by atoms with E-state index in [-0.39, 0.29) is 0 Å². The van der Waals surface area contributed by atoms with E-state index in [0.717, 1.165) is 12.5 Å². The van der Waals surface area contributed by atoms with Crippen LogP contribution in [0.4, 0.5) is 5.69 Å². The van der Waals surface area contributed by atoms with Crippen LogP contribution in [0.25, 0.3) is 0 Å². The fraction of sp³-hybridized carbons (Fsp3) is 0.556. The maximum atomic E-state index is 4.02. The molecule has 5 nitrogen and oxygen atoms in total. The summed E-state index contributed by atoms with van der Waals surface area (Å²) >= 11 is 0. The van der Waals surface area contributed by atoms with E-state index in [1.807, 2.05) is 17.9 Å². The summed E-state index contributed by atoms with van der Waals surface area (Å²) in [6, 6.07) is 8.89. The normalized spacial score (nSPS) is 19.3. The van der Waals surface area contributed by atoms with Crippen LogP contribution in [0.3, 0.4) is 0 Å². The second-order valence-corrected chi connectivity index (χ2v) is 6.89. The highest BCUT2D eigenvalue weighted by Crippen LogP contribution is 2.30. The van der Waals surface area contributed by atoms with E-state index in [0.29, 0.717) is 0 Å². The van der Waals surface area contributed by atoms with Crippen LogP contribution in [-0.4, -0.2) is 46.1 Å². The third-order valence-electron chi connectivity index (χ3n) is 5.36. The summed E-state index contributed by atoms with van der Waals surface area (Å²) in [7, 11) is 1.97. The average molecular weight is 311 g/mol. The van der Waals surface area contributed by atoms with Crippen LogP contribution in [0, 0.1) is 5.92 Å². The van der Waals surface area contributed by atoms with Crippen molar-refractivity contribution in [1.82, 2.24) is 19.9 Å². The average Bonchev–Trinajstić information content (AvgIpc) is 3.17. The summed E-state index contributed by atoms with van der Waals surface area (Å²) in [5.41, 5.74) is 4.20. The molecule has 1 aromatic heterocycles. The monoisotopic (exact) mass is 311 g/mol. The number of likely N-dealkylation sites (tertiary alicyclic amines) is 1. The first-order chi connectivity index (χ1) is 11.3. The number of hydrogen-bond donors (Lipinski definition) is 0. The van der Waals surface area contributed by atoms with Gasteiger partial charge in [0, 0.05) is 32.4 Å². The number of piperidine rings is 1. The molecule has 1 saturated heterocycles. The van der Waals surface area contributed by atoms with Crippen molar-refractivity contribution in [2.24, 2.45) is 13.0 Å². The molecule has 0 atom stereocenters. The van der Waals surface area contributed by atoms with Gasteiger partial charge in [-0.2, -0.15) is 0 Å². The molecule has 5 heteroatoms. The van der Waals surface area contributed by atoms with Crippen molar-refractivity contribution in [1.29, 1.82) is 0 Å². The number of fused-ring (bicyclic) bond motifs is 1. The van der Waals surface area contributed by atoms with E-state index in [2.05, 4.69) is 44.4 Å². The Morgan fingerprint density at radius 2 is 1.96 bits per heavy atom. The molecular formula is C18H25N5. The van der Waals surface area contributed by atoms with Gasteiger partial charge in [0.25, 0.3) is 0 Å². The van der Waals surface area contributed by atoms with Gasteiger partial charge in [-0.05, 0) is 49.9 Å². The third-order valence-corrected chi connectivity index (χ3v) is 5.36.